The number of aliphatic hydroxyl groups excluding tert-OH is 1. The van der Waals surface area contributed by atoms with Gasteiger partial charge in [-0.25, -0.2) is 0 Å². The smallest absolute Gasteiger partial charge is 0.220 e. The van der Waals surface area contributed by atoms with Crippen LogP contribution in [0.1, 0.15) is 43.2 Å². The standard InChI is InChI=1S/C16H23NO2/c1-12-6-8-13(9-7-12)10-11-16(19)17-14-4-2-3-5-15(14)18/h6-9,14-15,18H,2-5,10-11H2,1H3,(H,17,19). The molecule has 3 heteroatoms. The maximum atomic E-state index is 11.9. The molecule has 1 fully saturated rings. The van der Waals surface area contributed by atoms with E-state index in [4.69, 9.17) is 0 Å². The number of aryl methyl sites for hydroxylation is 2. The number of nitrogens with one attached hydrogen (secondary N) is 1. The van der Waals surface area contributed by atoms with E-state index in [1.807, 2.05) is 0 Å². The highest BCUT2D eigenvalue weighted by Crippen LogP contribution is 2.18. The Morgan fingerprint density at radius 3 is 2.63 bits per heavy atom. The lowest BCUT2D eigenvalue weighted by Gasteiger charge is -2.28. The van der Waals surface area contributed by atoms with Crippen molar-refractivity contribution in [3.05, 3.63) is 35.4 Å². The van der Waals surface area contributed by atoms with E-state index in [-0.39, 0.29) is 18.1 Å². The van der Waals surface area contributed by atoms with E-state index in [1.165, 1.54) is 11.1 Å². The molecule has 2 atom stereocenters. The van der Waals surface area contributed by atoms with Crippen molar-refractivity contribution >= 4 is 5.91 Å². The Kier molecular flexibility index (Phi) is 4.97. The summed E-state index contributed by atoms with van der Waals surface area (Å²) in [6.07, 6.45) is 4.76. The number of amides is 1. The van der Waals surface area contributed by atoms with E-state index in [1.54, 1.807) is 0 Å². The van der Waals surface area contributed by atoms with Crippen LogP contribution in [0, 0.1) is 6.92 Å². The summed E-state index contributed by atoms with van der Waals surface area (Å²) in [6, 6.07) is 8.23. The van der Waals surface area contributed by atoms with Crippen LogP contribution in [-0.2, 0) is 11.2 Å². The van der Waals surface area contributed by atoms with E-state index >= 15 is 0 Å². The number of benzene rings is 1. The average molecular weight is 261 g/mol. The molecule has 1 saturated carbocycles. The Hall–Kier alpha value is -1.35. The molecule has 2 unspecified atom stereocenters. The summed E-state index contributed by atoms with van der Waals surface area (Å²) in [5.74, 6) is 0.0477. The first kappa shape index (κ1) is 14.1. The van der Waals surface area contributed by atoms with E-state index in [0.29, 0.717) is 6.42 Å². The Labute approximate surface area is 115 Å². The number of hydrogen-bond acceptors (Lipinski definition) is 2. The number of carbonyl (C=O) groups is 1. The van der Waals surface area contributed by atoms with Crippen LogP contribution in [0.25, 0.3) is 0 Å². The third-order valence-electron chi connectivity index (χ3n) is 3.84. The van der Waals surface area contributed by atoms with Crippen molar-refractivity contribution < 1.29 is 9.90 Å². The third-order valence-corrected chi connectivity index (χ3v) is 3.84. The Morgan fingerprint density at radius 2 is 1.95 bits per heavy atom. The van der Waals surface area contributed by atoms with Crippen molar-refractivity contribution in [2.45, 2.75) is 57.6 Å². The van der Waals surface area contributed by atoms with Gasteiger partial charge in [0.1, 0.15) is 0 Å². The van der Waals surface area contributed by atoms with E-state index in [0.717, 1.165) is 32.1 Å². The maximum Gasteiger partial charge on any atom is 0.220 e. The second-order valence-corrected chi connectivity index (χ2v) is 5.51. The van der Waals surface area contributed by atoms with Gasteiger partial charge in [-0.2, -0.15) is 0 Å². The Balaban J connectivity index is 1.76. The van der Waals surface area contributed by atoms with Gasteiger partial charge in [0.2, 0.25) is 5.91 Å². The molecule has 104 valence electrons. The quantitative estimate of drug-likeness (QED) is 0.874. The minimum absolute atomic E-state index is 0.0423. The van der Waals surface area contributed by atoms with Crippen molar-refractivity contribution in [1.82, 2.24) is 5.32 Å². The molecule has 1 amide bonds. The lowest BCUT2D eigenvalue weighted by atomic mass is 9.92. The van der Waals surface area contributed by atoms with E-state index in [2.05, 4.69) is 36.5 Å². The average Bonchev–Trinajstić information content (AvgIpc) is 2.41. The van der Waals surface area contributed by atoms with Gasteiger partial charge in [-0.05, 0) is 31.7 Å². The molecule has 0 saturated heterocycles. The summed E-state index contributed by atoms with van der Waals surface area (Å²) < 4.78 is 0. The van der Waals surface area contributed by atoms with Crippen LogP contribution < -0.4 is 5.32 Å². The molecule has 2 rings (SSSR count). The first-order valence-corrected chi connectivity index (χ1v) is 7.18. The fourth-order valence-corrected chi connectivity index (χ4v) is 2.57. The van der Waals surface area contributed by atoms with Gasteiger partial charge in [0.15, 0.2) is 0 Å². The fraction of sp³-hybridized carbons (Fsp3) is 0.562. The molecule has 19 heavy (non-hydrogen) atoms. The molecule has 2 N–H and O–H groups in total. The van der Waals surface area contributed by atoms with Crippen LogP contribution in [0.4, 0.5) is 0 Å². The minimum Gasteiger partial charge on any atom is -0.391 e. The van der Waals surface area contributed by atoms with Gasteiger partial charge < -0.3 is 10.4 Å². The second kappa shape index (κ2) is 6.71. The van der Waals surface area contributed by atoms with Gasteiger partial charge in [-0.3, -0.25) is 4.79 Å². The summed E-state index contributed by atoms with van der Waals surface area (Å²) >= 11 is 0. The van der Waals surface area contributed by atoms with Crippen molar-refractivity contribution in [1.29, 1.82) is 0 Å². The van der Waals surface area contributed by atoms with Gasteiger partial charge in [-0.1, -0.05) is 42.7 Å². The molecule has 1 aliphatic carbocycles. The molecule has 0 aromatic heterocycles. The molecule has 0 bridgehead atoms. The first-order valence-electron chi connectivity index (χ1n) is 7.18. The normalized spacial score (nSPS) is 23.1. The lowest BCUT2D eigenvalue weighted by Crippen LogP contribution is -2.45. The molecular formula is C16H23NO2. The van der Waals surface area contributed by atoms with Gasteiger partial charge in [0.25, 0.3) is 0 Å². The maximum absolute atomic E-state index is 11.9. The molecule has 0 heterocycles. The molecule has 0 spiro atoms. The molecule has 3 nitrogen and oxygen atoms in total. The monoisotopic (exact) mass is 261 g/mol. The molecule has 1 aromatic rings. The molecule has 0 aliphatic heterocycles. The Morgan fingerprint density at radius 1 is 1.26 bits per heavy atom. The van der Waals surface area contributed by atoms with Gasteiger partial charge >= 0.3 is 0 Å². The van der Waals surface area contributed by atoms with Crippen LogP contribution in [0.15, 0.2) is 24.3 Å². The zero-order valence-electron chi connectivity index (χ0n) is 11.6. The van der Waals surface area contributed by atoms with Crippen LogP contribution in [0.2, 0.25) is 0 Å². The summed E-state index contributed by atoms with van der Waals surface area (Å²) in [4.78, 5) is 11.9. The summed E-state index contributed by atoms with van der Waals surface area (Å²) in [7, 11) is 0. The van der Waals surface area contributed by atoms with Crippen molar-refractivity contribution in [3.63, 3.8) is 0 Å². The number of carbonyl (C=O) groups excluding carboxylic acids is 1. The number of rotatable bonds is 4. The molecule has 1 aromatic carbocycles. The van der Waals surface area contributed by atoms with Crippen LogP contribution >= 0.6 is 0 Å². The SMILES string of the molecule is Cc1ccc(CCC(=O)NC2CCCCC2O)cc1. The topological polar surface area (TPSA) is 49.3 Å². The largest absolute Gasteiger partial charge is 0.391 e. The van der Waals surface area contributed by atoms with Crippen molar-refractivity contribution in [3.8, 4) is 0 Å². The van der Waals surface area contributed by atoms with Crippen molar-refractivity contribution in [2.24, 2.45) is 0 Å². The second-order valence-electron chi connectivity index (χ2n) is 5.51. The minimum atomic E-state index is -0.364. The van der Waals surface area contributed by atoms with Crippen molar-refractivity contribution in [2.75, 3.05) is 0 Å². The van der Waals surface area contributed by atoms with Gasteiger partial charge in [-0.15, -0.1) is 0 Å². The first-order chi connectivity index (χ1) is 9.15. The van der Waals surface area contributed by atoms with Gasteiger partial charge in [0.05, 0.1) is 12.1 Å². The predicted octanol–water partition coefficient (Wildman–Crippen LogP) is 2.35. The Bertz CT molecular complexity index is 413. The predicted molar refractivity (Wildman–Crippen MR) is 75.9 cm³/mol. The number of hydrogen-bond donors (Lipinski definition) is 2. The van der Waals surface area contributed by atoms with E-state index in [9.17, 15) is 9.90 Å². The van der Waals surface area contributed by atoms with Gasteiger partial charge in [0, 0.05) is 6.42 Å². The molecule has 0 radical (unpaired) electrons. The fourth-order valence-electron chi connectivity index (χ4n) is 2.57. The molecule has 1 aliphatic rings. The van der Waals surface area contributed by atoms with E-state index < -0.39 is 0 Å². The highest BCUT2D eigenvalue weighted by molar-refractivity contribution is 5.76. The lowest BCUT2D eigenvalue weighted by molar-refractivity contribution is -0.123. The summed E-state index contributed by atoms with van der Waals surface area (Å²) in [5, 5.41) is 12.8. The highest BCUT2D eigenvalue weighted by Gasteiger charge is 2.24. The zero-order chi connectivity index (χ0) is 13.7. The highest BCUT2D eigenvalue weighted by atomic mass is 16.3. The van der Waals surface area contributed by atoms with Crippen LogP contribution in [0.5, 0.6) is 0 Å². The summed E-state index contributed by atoms with van der Waals surface area (Å²) in [6.45, 7) is 2.06. The zero-order valence-corrected chi connectivity index (χ0v) is 11.6. The molecular weight excluding hydrogens is 238 g/mol. The van der Waals surface area contributed by atoms with Crippen LogP contribution in [0.3, 0.4) is 0 Å². The third kappa shape index (κ3) is 4.35. The summed E-state index contributed by atoms with van der Waals surface area (Å²) in [5.41, 5.74) is 2.42. The van der Waals surface area contributed by atoms with Crippen LogP contribution in [-0.4, -0.2) is 23.2 Å². The number of aliphatic hydroxyl groups is 1.